The van der Waals surface area contributed by atoms with Crippen LogP contribution in [0, 0.1) is 5.92 Å². The molecule has 0 aliphatic heterocycles. The lowest BCUT2D eigenvalue weighted by molar-refractivity contribution is -0.0505. The van der Waals surface area contributed by atoms with E-state index in [0.717, 1.165) is 13.0 Å². The standard InChI is InChI=1S/C16H23F2N3O2/c1-4-19-16(21-13-7-10(13)2)20-9-11-5-6-12(22-3)8-14(11)23-15(17)18/h5-6,8,10,13,15H,4,7,9H2,1-3H3,(H2,19,20,21). The van der Waals surface area contributed by atoms with E-state index < -0.39 is 6.61 Å². The average molecular weight is 327 g/mol. The maximum atomic E-state index is 12.6. The quantitative estimate of drug-likeness (QED) is 0.597. The number of guanidine groups is 1. The molecule has 2 unspecified atom stereocenters. The van der Waals surface area contributed by atoms with Gasteiger partial charge in [-0.3, -0.25) is 0 Å². The predicted molar refractivity (Wildman–Crippen MR) is 85.1 cm³/mol. The Morgan fingerprint density at radius 1 is 1.43 bits per heavy atom. The van der Waals surface area contributed by atoms with Crippen LogP contribution in [0.3, 0.4) is 0 Å². The maximum Gasteiger partial charge on any atom is 0.387 e. The van der Waals surface area contributed by atoms with E-state index >= 15 is 0 Å². The molecule has 1 aliphatic rings. The van der Waals surface area contributed by atoms with Crippen LogP contribution in [-0.4, -0.2) is 32.3 Å². The zero-order valence-electron chi connectivity index (χ0n) is 13.6. The van der Waals surface area contributed by atoms with Crippen LogP contribution in [0.4, 0.5) is 8.78 Å². The topological polar surface area (TPSA) is 54.9 Å². The lowest BCUT2D eigenvalue weighted by Crippen LogP contribution is -2.39. The molecule has 1 fully saturated rings. The molecule has 2 atom stereocenters. The van der Waals surface area contributed by atoms with Gasteiger partial charge in [-0.1, -0.05) is 6.92 Å². The Bertz CT molecular complexity index is 552. The van der Waals surface area contributed by atoms with Gasteiger partial charge >= 0.3 is 6.61 Å². The lowest BCUT2D eigenvalue weighted by atomic mass is 10.2. The number of hydrogen-bond acceptors (Lipinski definition) is 3. The minimum absolute atomic E-state index is 0.0822. The third kappa shape index (κ3) is 5.26. The molecule has 23 heavy (non-hydrogen) atoms. The fourth-order valence-corrected chi connectivity index (χ4v) is 2.18. The van der Waals surface area contributed by atoms with Crippen LogP contribution in [0.25, 0.3) is 0 Å². The number of ether oxygens (including phenoxy) is 2. The summed E-state index contributed by atoms with van der Waals surface area (Å²) in [6.07, 6.45) is 1.12. The molecule has 2 rings (SSSR count). The summed E-state index contributed by atoms with van der Waals surface area (Å²) in [4.78, 5) is 4.45. The number of halogens is 2. The highest BCUT2D eigenvalue weighted by molar-refractivity contribution is 5.80. The molecule has 1 aliphatic carbocycles. The van der Waals surface area contributed by atoms with Crippen molar-refractivity contribution in [1.82, 2.24) is 10.6 Å². The summed E-state index contributed by atoms with van der Waals surface area (Å²) in [5, 5.41) is 6.47. The molecule has 0 radical (unpaired) electrons. The van der Waals surface area contributed by atoms with Crippen molar-refractivity contribution < 1.29 is 18.3 Å². The molecule has 1 aromatic rings. The van der Waals surface area contributed by atoms with Crippen LogP contribution < -0.4 is 20.1 Å². The zero-order chi connectivity index (χ0) is 16.8. The average Bonchev–Trinajstić information content (AvgIpc) is 3.20. The fraction of sp³-hybridized carbons (Fsp3) is 0.562. The van der Waals surface area contributed by atoms with Crippen molar-refractivity contribution in [3.05, 3.63) is 23.8 Å². The molecule has 7 heteroatoms. The lowest BCUT2D eigenvalue weighted by Gasteiger charge is -2.13. The normalized spacial score (nSPS) is 20.3. The van der Waals surface area contributed by atoms with Crippen LogP contribution in [0.1, 0.15) is 25.8 Å². The van der Waals surface area contributed by atoms with Gasteiger partial charge in [-0.15, -0.1) is 0 Å². The first-order valence-corrected chi connectivity index (χ1v) is 7.70. The van der Waals surface area contributed by atoms with E-state index in [1.165, 1.54) is 13.2 Å². The largest absolute Gasteiger partial charge is 0.497 e. The molecule has 0 amide bonds. The van der Waals surface area contributed by atoms with Gasteiger partial charge in [0.2, 0.25) is 0 Å². The number of aliphatic imine (C=N–C) groups is 1. The summed E-state index contributed by atoms with van der Waals surface area (Å²) in [6.45, 7) is 2.23. The Hall–Kier alpha value is -2.05. The second-order valence-corrected chi connectivity index (χ2v) is 5.51. The molecule has 1 aromatic carbocycles. The number of alkyl halides is 2. The molecular formula is C16H23F2N3O2. The molecule has 0 aromatic heterocycles. The highest BCUT2D eigenvalue weighted by Gasteiger charge is 2.33. The first kappa shape index (κ1) is 17.3. The predicted octanol–water partition coefficient (Wildman–Crippen LogP) is 2.76. The second-order valence-electron chi connectivity index (χ2n) is 5.51. The zero-order valence-corrected chi connectivity index (χ0v) is 13.6. The summed E-state index contributed by atoms with van der Waals surface area (Å²) in [7, 11) is 1.48. The van der Waals surface area contributed by atoms with E-state index in [0.29, 0.717) is 29.2 Å². The smallest absolute Gasteiger partial charge is 0.387 e. The Kier molecular flexibility index (Phi) is 6.01. The number of hydrogen-bond donors (Lipinski definition) is 2. The number of nitrogens with zero attached hydrogens (tertiary/aromatic N) is 1. The van der Waals surface area contributed by atoms with Crippen molar-refractivity contribution in [2.24, 2.45) is 10.9 Å². The molecular weight excluding hydrogens is 304 g/mol. The third-order valence-corrected chi connectivity index (χ3v) is 3.67. The molecule has 0 saturated heterocycles. The first-order chi connectivity index (χ1) is 11.0. The van der Waals surface area contributed by atoms with Crippen LogP contribution in [-0.2, 0) is 6.54 Å². The van der Waals surface area contributed by atoms with Gasteiger partial charge in [-0.2, -0.15) is 8.78 Å². The molecule has 0 heterocycles. The Labute approximate surface area is 135 Å². The summed E-state index contributed by atoms with van der Waals surface area (Å²) >= 11 is 0. The van der Waals surface area contributed by atoms with Gasteiger partial charge in [0.05, 0.1) is 13.7 Å². The SMILES string of the molecule is CCNC(=NCc1ccc(OC)cc1OC(F)F)NC1CC1C. The summed E-state index contributed by atoms with van der Waals surface area (Å²) in [5.74, 6) is 1.86. The first-order valence-electron chi connectivity index (χ1n) is 7.70. The Morgan fingerprint density at radius 3 is 2.74 bits per heavy atom. The van der Waals surface area contributed by atoms with E-state index in [2.05, 4.69) is 27.3 Å². The summed E-state index contributed by atoms with van der Waals surface area (Å²) in [6, 6.07) is 5.26. The van der Waals surface area contributed by atoms with Gasteiger partial charge in [0.15, 0.2) is 5.96 Å². The molecule has 5 nitrogen and oxygen atoms in total. The van der Waals surface area contributed by atoms with Crippen molar-refractivity contribution in [1.29, 1.82) is 0 Å². The van der Waals surface area contributed by atoms with Crippen molar-refractivity contribution in [2.45, 2.75) is 39.5 Å². The van der Waals surface area contributed by atoms with Crippen LogP contribution >= 0.6 is 0 Å². The molecule has 2 N–H and O–H groups in total. The molecule has 0 spiro atoms. The van der Waals surface area contributed by atoms with E-state index in [1.807, 2.05) is 6.92 Å². The monoisotopic (exact) mass is 327 g/mol. The molecule has 128 valence electrons. The minimum Gasteiger partial charge on any atom is -0.497 e. The third-order valence-electron chi connectivity index (χ3n) is 3.67. The van der Waals surface area contributed by atoms with Gasteiger partial charge in [0.1, 0.15) is 11.5 Å². The fourth-order valence-electron chi connectivity index (χ4n) is 2.18. The minimum atomic E-state index is -2.89. The Balaban J connectivity index is 2.10. The van der Waals surface area contributed by atoms with Gasteiger partial charge in [0, 0.05) is 24.2 Å². The Morgan fingerprint density at radius 2 is 2.17 bits per heavy atom. The van der Waals surface area contributed by atoms with E-state index in [1.54, 1.807) is 12.1 Å². The molecule has 0 bridgehead atoms. The maximum absolute atomic E-state index is 12.6. The van der Waals surface area contributed by atoms with Crippen molar-refractivity contribution >= 4 is 5.96 Å². The number of nitrogens with one attached hydrogen (secondary N) is 2. The van der Waals surface area contributed by atoms with Gasteiger partial charge in [-0.05, 0) is 31.4 Å². The van der Waals surface area contributed by atoms with E-state index in [4.69, 9.17) is 4.74 Å². The highest BCUT2D eigenvalue weighted by Crippen LogP contribution is 2.29. The second kappa shape index (κ2) is 7.99. The van der Waals surface area contributed by atoms with Crippen molar-refractivity contribution in [3.63, 3.8) is 0 Å². The van der Waals surface area contributed by atoms with Crippen molar-refractivity contribution in [2.75, 3.05) is 13.7 Å². The molecule has 1 saturated carbocycles. The highest BCUT2D eigenvalue weighted by atomic mass is 19.3. The number of benzene rings is 1. The van der Waals surface area contributed by atoms with Gasteiger partial charge in [0.25, 0.3) is 0 Å². The summed E-state index contributed by atoms with van der Waals surface area (Å²) in [5.41, 5.74) is 0.576. The van der Waals surface area contributed by atoms with E-state index in [-0.39, 0.29) is 12.3 Å². The van der Waals surface area contributed by atoms with Crippen LogP contribution in [0.5, 0.6) is 11.5 Å². The van der Waals surface area contributed by atoms with Crippen molar-refractivity contribution in [3.8, 4) is 11.5 Å². The number of rotatable bonds is 7. The van der Waals surface area contributed by atoms with Crippen LogP contribution in [0.15, 0.2) is 23.2 Å². The van der Waals surface area contributed by atoms with Gasteiger partial charge in [-0.25, -0.2) is 4.99 Å². The summed E-state index contributed by atoms with van der Waals surface area (Å²) < 4.78 is 34.7. The van der Waals surface area contributed by atoms with Crippen LogP contribution in [0.2, 0.25) is 0 Å². The number of methoxy groups -OCH3 is 1. The van der Waals surface area contributed by atoms with Gasteiger partial charge < -0.3 is 20.1 Å². The van der Waals surface area contributed by atoms with E-state index in [9.17, 15) is 8.78 Å².